The number of nitrogens with zero attached hydrogens (tertiary/aromatic N) is 4. The van der Waals surface area contributed by atoms with Crippen molar-refractivity contribution < 1.29 is 13.6 Å². The van der Waals surface area contributed by atoms with Crippen LogP contribution in [0.15, 0.2) is 30.6 Å². The second kappa shape index (κ2) is 6.05. The lowest BCUT2D eigenvalue weighted by Crippen LogP contribution is -2.32. The summed E-state index contributed by atoms with van der Waals surface area (Å²) in [5.74, 6) is -1.13. The Hall–Kier alpha value is -2.57. The Morgan fingerprint density at radius 1 is 1.18 bits per heavy atom. The van der Waals surface area contributed by atoms with Crippen LogP contribution in [0, 0.1) is 11.6 Å². The minimum absolute atomic E-state index is 0.163. The molecule has 0 N–H and O–H groups in total. The number of hydrogen-bond donors (Lipinski definition) is 0. The topological polar surface area (TPSA) is 51.0 Å². The van der Waals surface area contributed by atoms with E-state index in [0.29, 0.717) is 31.6 Å². The number of halogens is 2. The van der Waals surface area contributed by atoms with Crippen LogP contribution >= 0.6 is 0 Å². The molecule has 0 unspecified atom stereocenters. The maximum atomic E-state index is 13.1. The zero-order valence-corrected chi connectivity index (χ0v) is 11.7. The van der Waals surface area contributed by atoms with Crippen LogP contribution in [0.25, 0.3) is 6.08 Å². The van der Waals surface area contributed by atoms with Crippen molar-refractivity contribution in [3.05, 3.63) is 53.6 Å². The van der Waals surface area contributed by atoms with Gasteiger partial charge in [0, 0.05) is 32.1 Å². The van der Waals surface area contributed by atoms with Gasteiger partial charge in [-0.1, -0.05) is 6.07 Å². The Morgan fingerprint density at radius 3 is 2.86 bits per heavy atom. The first-order valence-corrected chi connectivity index (χ1v) is 6.92. The molecule has 2 aromatic rings. The summed E-state index contributed by atoms with van der Waals surface area (Å²) in [7, 11) is 0. The lowest BCUT2D eigenvalue weighted by Gasteiger charge is -2.17. The minimum Gasteiger partial charge on any atom is -0.337 e. The quantitative estimate of drug-likeness (QED) is 0.793. The molecule has 2 heterocycles. The van der Waals surface area contributed by atoms with Crippen molar-refractivity contribution >= 4 is 12.0 Å². The van der Waals surface area contributed by atoms with Crippen LogP contribution in [0.5, 0.6) is 0 Å². The summed E-state index contributed by atoms with van der Waals surface area (Å²) in [4.78, 5) is 13.9. The first kappa shape index (κ1) is 14.4. The van der Waals surface area contributed by atoms with Gasteiger partial charge in [-0.25, -0.2) is 8.78 Å². The average molecular weight is 304 g/mol. The highest BCUT2D eigenvalue weighted by Gasteiger charge is 2.17. The number of carbonyl (C=O) groups excluding carboxylic acids is 1. The predicted octanol–water partition coefficient (Wildman–Crippen LogP) is 1.65. The van der Waals surface area contributed by atoms with Crippen molar-refractivity contribution in [1.82, 2.24) is 19.7 Å². The molecule has 1 aromatic carbocycles. The number of aromatic nitrogens is 3. The first-order valence-electron chi connectivity index (χ1n) is 6.92. The third-order valence-corrected chi connectivity index (χ3v) is 3.59. The van der Waals surface area contributed by atoms with Crippen molar-refractivity contribution in [2.45, 2.75) is 13.0 Å². The molecule has 1 aromatic heterocycles. The van der Waals surface area contributed by atoms with Crippen LogP contribution in [0.3, 0.4) is 0 Å². The largest absolute Gasteiger partial charge is 0.337 e. The van der Waals surface area contributed by atoms with E-state index in [9.17, 15) is 13.6 Å². The van der Waals surface area contributed by atoms with E-state index in [1.807, 2.05) is 4.57 Å². The summed E-state index contributed by atoms with van der Waals surface area (Å²) < 4.78 is 27.9. The number of fused-ring (bicyclic) bond motifs is 1. The molecule has 0 aliphatic carbocycles. The highest BCUT2D eigenvalue weighted by Crippen LogP contribution is 2.11. The van der Waals surface area contributed by atoms with Crippen LogP contribution in [-0.2, 0) is 17.8 Å². The number of amides is 1. The van der Waals surface area contributed by atoms with E-state index in [1.165, 1.54) is 18.2 Å². The Bertz CT molecular complexity index is 704. The van der Waals surface area contributed by atoms with Crippen LogP contribution in [0.4, 0.5) is 8.78 Å². The summed E-state index contributed by atoms with van der Waals surface area (Å²) in [6.45, 7) is 1.76. The van der Waals surface area contributed by atoms with Crippen molar-refractivity contribution in [2.75, 3.05) is 13.1 Å². The normalized spacial score (nSPS) is 14.9. The van der Waals surface area contributed by atoms with E-state index in [-0.39, 0.29) is 5.91 Å². The Morgan fingerprint density at radius 2 is 2.05 bits per heavy atom. The summed E-state index contributed by atoms with van der Waals surface area (Å²) in [6, 6.07) is 3.52. The smallest absolute Gasteiger partial charge is 0.246 e. The molecule has 1 amide bonds. The summed E-state index contributed by atoms with van der Waals surface area (Å²) >= 11 is 0. The fraction of sp³-hybridized carbons (Fsp3) is 0.267. The van der Waals surface area contributed by atoms with E-state index < -0.39 is 11.6 Å². The van der Waals surface area contributed by atoms with Gasteiger partial charge in [0.25, 0.3) is 0 Å². The van der Waals surface area contributed by atoms with E-state index in [4.69, 9.17) is 0 Å². The predicted molar refractivity (Wildman–Crippen MR) is 75.7 cm³/mol. The Labute approximate surface area is 125 Å². The molecule has 22 heavy (non-hydrogen) atoms. The molecule has 114 valence electrons. The van der Waals surface area contributed by atoms with Crippen LogP contribution in [-0.4, -0.2) is 38.7 Å². The molecule has 1 aliphatic heterocycles. The van der Waals surface area contributed by atoms with Crippen molar-refractivity contribution in [3.8, 4) is 0 Å². The summed E-state index contributed by atoms with van der Waals surface area (Å²) in [5.41, 5.74) is 0.444. The molecular weight excluding hydrogens is 290 g/mol. The van der Waals surface area contributed by atoms with Gasteiger partial charge in [-0.15, -0.1) is 10.2 Å². The van der Waals surface area contributed by atoms with Gasteiger partial charge < -0.3 is 9.47 Å². The van der Waals surface area contributed by atoms with Crippen molar-refractivity contribution in [2.24, 2.45) is 0 Å². The van der Waals surface area contributed by atoms with Gasteiger partial charge in [0.2, 0.25) is 5.91 Å². The zero-order chi connectivity index (χ0) is 15.5. The highest BCUT2D eigenvalue weighted by atomic mass is 19.2. The molecule has 3 rings (SSSR count). The molecule has 0 fully saturated rings. The second-order valence-corrected chi connectivity index (χ2v) is 5.02. The average Bonchev–Trinajstić information content (AvgIpc) is 2.87. The fourth-order valence-electron chi connectivity index (χ4n) is 2.34. The van der Waals surface area contributed by atoms with E-state index in [1.54, 1.807) is 11.2 Å². The van der Waals surface area contributed by atoms with Gasteiger partial charge in [0.05, 0.1) is 0 Å². The zero-order valence-electron chi connectivity index (χ0n) is 11.7. The number of carbonyl (C=O) groups is 1. The molecule has 0 atom stereocenters. The van der Waals surface area contributed by atoms with E-state index in [0.717, 1.165) is 18.0 Å². The first-order chi connectivity index (χ1) is 10.6. The third-order valence-electron chi connectivity index (χ3n) is 3.59. The van der Waals surface area contributed by atoms with Gasteiger partial charge in [0.15, 0.2) is 11.6 Å². The van der Waals surface area contributed by atoms with E-state index in [2.05, 4.69) is 10.2 Å². The maximum Gasteiger partial charge on any atom is 0.246 e. The molecule has 1 aliphatic rings. The molecule has 0 bridgehead atoms. The Kier molecular flexibility index (Phi) is 3.95. The molecule has 7 heteroatoms. The van der Waals surface area contributed by atoms with Gasteiger partial charge in [-0.05, 0) is 23.8 Å². The lowest BCUT2D eigenvalue weighted by atomic mass is 10.2. The molecular formula is C15H14F2N4O. The van der Waals surface area contributed by atoms with Crippen LogP contribution in [0.2, 0.25) is 0 Å². The van der Waals surface area contributed by atoms with Gasteiger partial charge in [-0.2, -0.15) is 0 Å². The number of hydrogen-bond acceptors (Lipinski definition) is 3. The fourth-order valence-corrected chi connectivity index (χ4v) is 2.34. The van der Waals surface area contributed by atoms with Crippen LogP contribution < -0.4 is 0 Å². The molecule has 0 saturated carbocycles. The van der Waals surface area contributed by atoms with Gasteiger partial charge >= 0.3 is 0 Å². The third kappa shape index (κ3) is 3.03. The van der Waals surface area contributed by atoms with Crippen LogP contribution in [0.1, 0.15) is 11.4 Å². The van der Waals surface area contributed by atoms with Crippen molar-refractivity contribution in [3.63, 3.8) is 0 Å². The highest BCUT2D eigenvalue weighted by molar-refractivity contribution is 5.91. The van der Waals surface area contributed by atoms with E-state index >= 15 is 0 Å². The summed E-state index contributed by atoms with van der Waals surface area (Å²) in [5, 5.41) is 7.84. The molecule has 0 saturated heterocycles. The van der Waals surface area contributed by atoms with Gasteiger partial charge in [0.1, 0.15) is 12.2 Å². The SMILES string of the molecule is O=C(/C=C/c1ccc(F)c(F)c1)N1CCc2nncn2CC1. The number of rotatable bonds is 2. The van der Waals surface area contributed by atoms with Crippen molar-refractivity contribution in [1.29, 1.82) is 0 Å². The lowest BCUT2D eigenvalue weighted by molar-refractivity contribution is -0.125. The standard InChI is InChI=1S/C15H14F2N4O/c16-12-3-1-11(9-13(12)17)2-4-15(22)20-6-5-14-19-18-10-21(14)8-7-20/h1-4,9-10H,5-8H2/b4-2+. The molecule has 0 spiro atoms. The minimum atomic E-state index is -0.928. The monoisotopic (exact) mass is 304 g/mol. The maximum absolute atomic E-state index is 13.1. The Balaban J connectivity index is 1.65. The van der Waals surface area contributed by atoms with Gasteiger partial charge in [-0.3, -0.25) is 4.79 Å². The number of benzene rings is 1. The second-order valence-electron chi connectivity index (χ2n) is 5.02. The summed E-state index contributed by atoms with van der Waals surface area (Å²) in [6.07, 6.45) is 5.15. The molecule has 0 radical (unpaired) electrons. The molecule has 5 nitrogen and oxygen atoms in total.